The van der Waals surface area contributed by atoms with Crippen LogP contribution in [-0.4, -0.2) is 64.8 Å². The molecule has 2 aliphatic rings. The molecular formula is C28H36N6O4. The lowest BCUT2D eigenvalue weighted by molar-refractivity contribution is 0.0363. The Kier molecular flexibility index (Phi) is 8.62. The van der Waals surface area contributed by atoms with Gasteiger partial charge in [-0.2, -0.15) is 4.98 Å². The molecule has 1 saturated heterocycles. The van der Waals surface area contributed by atoms with Gasteiger partial charge in [0.25, 0.3) is 5.91 Å². The fourth-order valence-corrected chi connectivity index (χ4v) is 5.18. The highest BCUT2D eigenvalue weighted by Gasteiger charge is 2.23. The lowest BCUT2D eigenvalue weighted by Crippen LogP contribution is -2.37. The number of benzene rings is 1. The predicted molar refractivity (Wildman–Crippen MR) is 146 cm³/mol. The van der Waals surface area contributed by atoms with E-state index >= 15 is 0 Å². The van der Waals surface area contributed by atoms with E-state index in [-0.39, 0.29) is 11.6 Å². The Hall–Kier alpha value is -3.34. The standard InChI is InChI=1S/C28H36N6O4/c1-2-38-32-27(36)24-19-34(22-6-4-3-5-7-22)26-23(25(24)35)18-29-28(31-26)30-21-10-8-20(9-11-21)12-13-33-14-16-37-17-15-33/h8-11,18-19,22H,2-7,12-17H2,1H3,(H,32,36)(H,29,30,31). The maximum Gasteiger partial charge on any atom is 0.280 e. The van der Waals surface area contributed by atoms with Gasteiger partial charge in [-0.3, -0.25) is 19.3 Å². The number of hydrogen-bond acceptors (Lipinski definition) is 8. The summed E-state index contributed by atoms with van der Waals surface area (Å²) >= 11 is 0. The maximum absolute atomic E-state index is 13.2. The molecule has 1 aromatic carbocycles. The molecule has 2 fully saturated rings. The molecule has 1 aliphatic heterocycles. The molecule has 2 aromatic heterocycles. The van der Waals surface area contributed by atoms with Crippen molar-refractivity contribution in [3.63, 3.8) is 0 Å². The van der Waals surface area contributed by atoms with Crippen LogP contribution in [0.25, 0.3) is 11.0 Å². The molecule has 38 heavy (non-hydrogen) atoms. The maximum atomic E-state index is 13.2. The van der Waals surface area contributed by atoms with E-state index in [1.807, 2.05) is 16.7 Å². The van der Waals surface area contributed by atoms with E-state index in [1.54, 1.807) is 13.1 Å². The molecule has 1 amide bonds. The Morgan fingerprint density at radius 1 is 1.13 bits per heavy atom. The average Bonchev–Trinajstić information content (AvgIpc) is 2.97. The largest absolute Gasteiger partial charge is 0.379 e. The number of hydrogen-bond donors (Lipinski definition) is 2. The summed E-state index contributed by atoms with van der Waals surface area (Å²) in [6.45, 7) is 6.70. The molecule has 0 atom stereocenters. The Morgan fingerprint density at radius 3 is 2.63 bits per heavy atom. The lowest BCUT2D eigenvalue weighted by Gasteiger charge is -2.26. The summed E-state index contributed by atoms with van der Waals surface area (Å²) in [6.07, 6.45) is 9.48. The molecule has 202 valence electrons. The normalized spacial score (nSPS) is 17.0. The van der Waals surface area contributed by atoms with Gasteiger partial charge in [0.15, 0.2) is 0 Å². The monoisotopic (exact) mass is 520 g/mol. The summed E-state index contributed by atoms with van der Waals surface area (Å²) in [6, 6.07) is 8.45. The SMILES string of the molecule is CCONC(=O)c1cn(C2CCCCC2)c2nc(Nc3ccc(CCN4CCOCC4)cc3)ncc2c1=O. The number of aromatic nitrogens is 3. The van der Waals surface area contributed by atoms with E-state index in [0.29, 0.717) is 23.6 Å². The van der Waals surface area contributed by atoms with E-state index in [4.69, 9.17) is 14.6 Å². The van der Waals surface area contributed by atoms with Crippen molar-refractivity contribution in [2.75, 3.05) is 44.8 Å². The minimum absolute atomic E-state index is 0.0356. The van der Waals surface area contributed by atoms with Gasteiger partial charge in [0.1, 0.15) is 11.2 Å². The number of morpholine rings is 1. The molecule has 3 aromatic rings. The Morgan fingerprint density at radius 2 is 1.89 bits per heavy atom. The molecule has 10 heteroatoms. The number of nitrogens with one attached hydrogen (secondary N) is 2. The highest BCUT2D eigenvalue weighted by molar-refractivity contribution is 5.96. The van der Waals surface area contributed by atoms with Crippen molar-refractivity contribution in [2.45, 2.75) is 51.5 Å². The summed E-state index contributed by atoms with van der Waals surface area (Å²) in [5.41, 5.74) is 4.66. The van der Waals surface area contributed by atoms with Gasteiger partial charge in [0.2, 0.25) is 11.4 Å². The number of fused-ring (bicyclic) bond motifs is 1. The average molecular weight is 521 g/mol. The summed E-state index contributed by atoms with van der Waals surface area (Å²) < 4.78 is 7.41. The molecule has 3 heterocycles. The third-order valence-corrected chi connectivity index (χ3v) is 7.32. The Bertz CT molecular complexity index is 1300. The van der Waals surface area contributed by atoms with Crippen molar-refractivity contribution in [3.8, 4) is 0 Å². The van der Waals surface area contributed by atoms with Crippen LogP contribution in [0.5, 0.6) is 0 Å². The highest BCUT2D eigenvalue weighted by atomic mass is 16.6. The lowest BCUT2D eigenvalue weighted by atomic mass is 9.95. The van der Waals surface area contributed by atoms with Crippen LogP contribution in [0.4, 0.5) is 11.6 Å². The first-order chi connectivity index (χ1) is 18.6. The zero-order valence-electron chi connectivity index (χ0n) is 21.9. The van der Waals surface area contributed by atoms with Crippen molar-refractivity contribution < 1.29 is 14.4 Å². The molecule has 0 spiro atoms. The van der Waals surface area contributed by atoms with Crippen LogP contribution in [0.1, 0.15) is 61.0 Å². The second kappa shape index (κ2) is 12.5. The first-order valence-corrected chi connectivity index (χ1v) is 13.6. The minimum atomic E-state index is -0.556. The van der Waals surface area contributed by atoms with Crippen molar-refractivity contribution in [2.24, 2.45) is 0 Å². The van der Waals surface area contributed by atoms with Crippen LogP contribution in [0.3, 0.4) is 0 Å². The zero-order chi connectivity index (χ0) is 26.3. The number of rotatable bonds is 9. The van der Waals surface area contributed by atoms with Crippen molar-refractivity contribution in [1.82, 2.24) is 24.9 Å². The third kappa shape index (κ3) is 6.20. The number of anilines is 2. The summed E-state index contributed by atoms with van der Waals surface area (Å²) in [5, 5.41) is 3.60. The van der Waals surface area contributed by atoms with E-state index < -0.39 is 11.3 Å². The van der Waals surface area contributed by atoms with Crippen LogP contribution in [0, 0.1) is 0 Å². The van der Waals surface area contributed by atoms with Crippen molar-refractivity contribution in [3.05, 3.63) is 58.0 Å². The van der Waals surface area contributed by atoms with E-state index in [9.17, 15) is 9.59 Å². The first-order valence-electron chi connectivity index (χ1n) is 13.6. The molecular weight excluding hydrogens is 484 g/mol. The molecule has 0 unspecified atom stereocenters. The Labute approximate surface area is 222 Å². The number of nitrogens with zero attached hydrogens (tertiary/aromatic N) is 4. The molecule has 10 nitrogen and oxygen atoms in total. The van der Waals surface area contributed by atoms with Crippen LogP contribution >= 0.6 is 0 Å². The van der Waals surface area contributed by atoms with Gasteiger partial charge >= 0.3 is 0 Å². The second-order valence-corrected chi connectivity index (χ2v) is 9.89. The second-order valence-electron chi connectivity index (χ2n) is 9.89. The number of ether oxygens (including phenoxy) is 1. The van der Waals surface area contributed by atoms with Gasteiger partial charge in [-0.15, -0.1) is 0 Å². The van der Waals surface area contributed by atoms with Crippen molar-refractivity contribution in [1.29, 1.82) is 0 Å². The van der Waals surface area contributed by atoms with Gasteiger partial charge in [-0.05, 0) is 43.9 Å². The topological polar surface area (TPSA) is 111 Å². The minimum Gasteiger partial charge on any atom is -0.379 e. The van der Waals surface area contributed by atoms with E-state index in [2.05, 4.69) is 32.8 Å². The number of amides is 1. The number of carbonyl (C=O) groups excluding carboxylic acids is 1. The number of hydroxylamine groups is 1. The third-order valence-electron chi connectivity index (χ3n) is 7.32. The van der Waals surface area contributed by atoms with E-state index in [1.165, 1.54) is 18.2 Å². The highest BCUT2D eigenvalue weighted by Crippen LogP contribution is 2.30. The number of carbonyl (C=O) groups is 1. The molecule has 5 rings (SSSR count). The van der Waals surface area contributed by atoms with Gasteiger partial charge < -0.3 is 14.6 Å². The van der Waals surface area contributed by atoms with Crippen molar-refractivity contribution >= 4 is 28.6 Å². The molecule has 0 bridgehead atoms. The van der Waals surface area contributed by atoms with Gasteiger partial charge in [-0.25, -0.2) is 10.5 Å². The first kappa shape index (κ1) is 26.3. The fourth-order valence-electron chi connectivity index (χ4n) is 5.18. The van der Waals surface area contributed by atoms with E-state index in [0.717, 1.165) is 70.6 Å². The van der Waals surface area contributed by atoms with Crippen LogP contribution in [0.15, 0.2) is 41.5 Å². The van der Waals surface area contributed by atoms with Crippen LogP contribution in [0.2, 0.25) is 0 Å². The summed E-state index contributed by atoms with van der Waals surface area (Å²) in [5.74, 6) is -0.145. The van der Waals surface area contributed by atoms with Gasteiger partial charge in [0.05, 0.1) is 25.2 Å². The number of pyridine rings is 1. The molecule has 2 N–H and O–H groups in total. The molecule has 1 aliphatic carbocycles. The summed E-state index contributed by atoms with van der Waals surface area (Å²) in [7, 11) is 0. The predicted octanol–water partition coefficient (Wildman–Crippen LogP) is 3.60. The Balaban J connectivity index is 1.38. The summed E-state index contributed by atoms with van der Waals surface area (Å²) in [4.78, 5) is 42.5. The fraction of sp³-hybridized carbons (Fsp3) is 0.500. The molecule has 1 saturated carbocycles. The van der Waals surface area contributed by atoms with Gasteiger partial charge in [0, 0.05) is 43.8 Å². The molecule has 0 radical (unpaired) electrons. The van der Waals surface area contributed by atoms with Crippen LogP contribution in [-0.2, 0) is 16.0 Å². The van der Waals surface area contributed by atoms with Gasteiger partial charge in [-0.1, -0.05) is 31.4 Å². The van der Waals surface area contributed by atoms with Crippen LogP contribution < -0.4 is 16.2 Å². The smallest absolute Gasteiger partial charge is 0.280 e. The zero-order valence-corrected chi connectivity index (χ0v) is 21.9. The quantitative estimate of drug-likeness (QED) is 0.412.